The summed E-state index contributed by atoms with van der Waals surface area (Å²) < 4.78 is 36.8. The van der Waals surface area contributed by atoms with Crippen LogP contribution in [0.15, 0.2) is 28.0 Å². The molecule has 16 heavy (non-hydrogen) atoms. The molecule has 0 unspecified atom stereocenters. The standard InChI is InChI=1S/C10H7FO4S/c11-8-2-1-3-9-7(8)4-6(5-10(12)13)16(9,14)15/h1-4H,5H2,(H,12,13). The van der Waals surface area contributed by atoms with Crippen LogP contribution in [0.1, 0.15) is 12.0 Å². The van der Waals surface area contributed by atoms with Crippen molar-refractivity contribution in [2.45, 2.75) is 11.3 Å². The van der Waals surface area contributed by atoms with Crippen LogP contribution in [0.3, 0.4) is 0 Å². The Bertz CT molecular complexity index is 601. The van der Waals surface area contributed by atoms with E-state index in [0.717, 1.165) is 12.1 Å². The van der Waals surface area contributed by atoms with Gasteiger partial charge < -0.3 is 5.11 Å². The molecule has 1 aliphatic rings. The van der Waals surface area contributed by atoms with Crippen LogP contribution in [0.5, 0.6) is 0 Å². The fourth-order valence-corrected chi connectivity index (χ4v) is 3.14. The highest BCUT2D eigenvalue weighted by Gasteiger charge is 2.32. The molecule has 1 N–H and O–H groups in total. The van der Waals surface area contributed by atoms with Crippen LogP contribution in [0.2, 0.25) is 0 Å². The number of hydrogen-bond donors (Lipinski definition) is 1. The molecule has 1 aromatic carbocycles. The molecule has 0 saturated heterocycles. The largest absolute Gasteiger partial charge is 0.481 e. The van der Waals surface area contributed by atoms with E-state index in [1.165, 1.54) is 12.1 Å². The maximum absolute atomic E-state index is 13.3. The fraction of sp³-hybridized carbons (Fsp3) is 0.100. The molecule has 0 aliphatic carbocycles. The lowest BCUT2D eigenvalue weighted by Crippen LogP contribution is -2.05. The lowest BCUT2D eigenvalue weighted by molar-refractivity contribution is -0.136. The minimum Gasteiger partial charge on any atom is -0.481 e. The summed E-state index contributed by atoms with van der Waals surface area (Å²) in [6.07, 6.45) is 0.449. The number of carboxylic acid groups (broad SMARTS) is 1. The smallest absolute Gasteiger partial charge is 0.308 e. The summed E-state index contributed by atoms with van der Waals surface area (Å²) in [4.78, 5) is 10.0. The Morgan fingerprint density at radius 2 is 2.06 bits per heavy atom. The molecule has 0 saturated carbocycles. The predicted octanol–water partition coefficient (Wildman–Crippen LogP) is 1.43. The average Bonchev–Trinajstić information content (AvgIpc) is 2.41. The molecule has 4 nitrogen and oxygen atoms in total. The molecular weight excluding hydrogens is 235 g/mol. The Morgan fingerprint density at radius 3 is 2.62 bits per heavy atom. The highest BCUT2D eigenvalue weighted by Crippen LogP contribution is 2.35. The minimum atomic E-state index is -3.82. The first-order valence-electron chi connectivity index (χ1n) is 4.39. The SMILES string of the molecule is O=C(O)CC1=Cc2c(F)cccc2S1(=O)=O. The summed E-state index contributed by atoms with van der Waals surface area (Å²) >= 11 is 0. The number of hydrogen-bond acceptors (Lipinski definition) is 3. The van der Waals surface area contributed by atoms with E-state index in [4.69, 9.17) is 5.11 Å². The molecule has 0 amide bonds. The van der Waals surface area contributed by atoms with Gasteiger partial charge in [-0.15, -0.1) is 0 Å². The van der Waals surface area contributed by atoms with Gasteiger partial charge in [0.25, 0.3) is 0 Å². The van der Waals surface area contributed by atoms with Gasteiger partial charge in [-0.3, -0.25) is 4.79 Å². The Morgan fingerprint density at radius 1 is 1.38 bits per heavy atom. The van der Waals surface area contributed by atoms with Crippen molar-refractivity contribution >= 4 is 21.9 Å². The van der Waals surface area contributed by atoms with Crippen LogP contribution in [0.25, 0.3) is 6.08 Å². The van der Waals surface area contributed by atoms with Gasteiger partial charge >= 0.3 is 5.97 Å². The van der Waals surface area contributed by atoms with E-state index in [2.05, 4.69) is 0 Å². The molecule has 1 aliphatic heterocycles. The highest BCUT2D eigenvalue weighted by molar-refractivity contribution is 7.95. The first kappa shape index (κ1) is 10.8. The van der Waals surface area contributed by atoms with Crippen LogP contribution in [0, 0.1) is 5.82 Å². The molecule has 1 heterocycles. The van der Waals surface area contributed by atoms with Crippen molar-refractivity contribution in [1.82, 2.24) is 0 Å². The number of aliphatic carboxylic acids is 1. The van der Waals surface area contributed by atoms with Gasteiger partial charge in [0.2, 0.25) is 9.84 Å². The molecule has 84 valence electrons. The summed E-state index contributed by atoms with van der Waals surface area (Å²) in [6.45, 7) is 0. The van der Waals surface area contributed by atoms with Gasteiger partial charge in [-0.1, -0.05) is 6.07 Å². The highest BCUT2D eigenvalue weighted by atomic mass is 32.2. The first-order valence-corrected chi connectivity index (χ1v) is 5.87. The normalized spacial score (nSPS) is 16.7. The van der Waals surface area contributed by atoms with Gasteiger partial charge in [0.1, 0.15) is 5.82 Å². The Hall–Kier alpha value is -1.69. The number of rotatable bonds is 2. The van der Waals surface area contributed by atoms with Crippen LogP contribution in [0.4, 0.5) is 4.39 Å². The third-order valence-corrected chi connectivity index (χ3v) is 4.17. The zero-order valence-corrected chi connectivity index (χ0v) is 8.79. The number of sulfone groups is 1. The van der Waals surface area contributed by atoms with Gasteiger partial charge in [-0.05, 0) is 18.2 Å². The average molecular weight is 242 g/mol. The Labute approximate surface area is 90.9 Å². The van der Waals surface area contributed by atoms with Crippen LogP contribution < -0.4 is 0 Å². The third-order valence-electron chi connectivity index (χ3n) is 2.28. The van der Waals surface area contributed by atoms with Crippen molar-refractivity contribution < 1.29 is 22.7 Å². The lowest BCUT2D eigenvalue weighted by Gasteiger charge is -2.00. The summed E-state index contributed by atoms with van der Waals surface area (Å²) in [5.74, 6) is -1.93. The van der Waals surface area contributed by atoms with Gasteiger partial charge in [0.05, 0.1) is 16.2 Å². The molecule has 1 aromatic rings. The second-order valence-corrected chi connectivity index (χ2v) is 5.31. The summed E-state index contributed by atoms with van der Waals surface area (Å²) in [5, 5.41) is 8.56. The molecule has 0 bridgehead atoms. The van der Waals surface area contributed by atoms with Crippen LogP contribution in [-0.2, 0) is 14.6 Å². The number of halogens is 1. The molecule has 0 fully saturated rings. The van der Waals surface area contributed by atoms with Gasteiger partial charge in [0, 0.05) is 5.56 Å². The van der Waals surface area contributed by atoms with Crippen molar-refractivity contribution in [2.75, 3.05) is 0 Å². The van der Waals surface area contributed by atoms with Gasteiger partial charge in [-0.25, -0.2) is 12.8 Å². The summed E-state index contributed by atoms with van der Waals surface area (Å²) in [7, 11) is -3.82. The second kappa shape index (κ2) is 3.41. The lowest BCUT2D eigenvalue weighted by atomic mass is 10.2. The van der Waals surface area contributed by atoms with E-state index in [1.54, 1.807) is 0 Å². The van der Waals surface area contributed by atoms with Gasteiger partial charge in [-0.2, -0.15) is 0 Å². The van der Waals surface area contributed by atoms with E-state index in [1.807, 2.05) is 0 Å². The van der Waals surface area contributed by atoms with Crippen molar-refractivity contribution in [2.24, 2.45) is 0 Å². The number of fused-ring (bicyclic) bond motifs is 1. The maximum Gasteiger partial charge on any atom is 0.308 e. The molecular formula is C10H7FO4S. The van der Waals surface area contributed by atoms with E-state index >= 15 is 0 Å². The van der Waals surface area contributed by atoms with Crippen molar-refractivity contribution in [3.05, 3.63) is 34.5 Å². The van der Waals surface area contributed by atoms with Gasteiger partial charge in [0.15, 0.2) is 0 Å². The number of carbonyl (C=O) groups is 1. The second-order valence-electron chi connectivity index (χ2n) is 3.34. The fourth-order valence-electron chi connectivity index (χ4n) is 1.57. The topological polar surface area (TPSA) is 71.4 Å². The Kier molecular flexibility index (Phi) is 2.31. The molecule has 0 spiro atoms. The van der Waals surface area contributed by atoms with Crippen LogP contribution >= 0.6 is 0 Å². The van der Waals surface area contributed by atoms with Crippen molar-refractivity contribution in [1.29, 1.82) is 0 Å². The van der Waals surface area contributed by atoms with E-state index < -0.39 is 28.0 Å². The van der Waals surface area contributed by atoms with E-state index in [0.29, 0.717) is 0 Å². The zero-order valence-electron chi connectivity index (χ0n) is 7.97. The minimum absolute atomic E-state index is 0.0567. The van der Waals surface area contributed by atoms with Crippen molar-refractivity contribution in [3.8, 4) is 0 Å². The quantitative estimate of drug-likeness (QED) is 0.851. The predicted molar refractivity (Wildman–Crippen MR) is 53.8 cm³/mol. The number of carboxylic acids is 1. The summed E-state index contributed by atoms with van der Waals surface area (Å²) in [5.41, 5.74) is -0.0567. The van der Waals surface area contributed by atoms with Crippen molar-refractivity contribution in [3.63, 3.8) is 0 Å². The first-order chi connectivity index (χ1) is 7.43. The maximum atomic E-state index is 13.3. The molecule has 0 aromatic heterocycles. The Balaban J connectivity index is 2.61. The number of benzene rings is 1. The monoisotopic (exact) mass is 242 g/mol. The third kappa shape index (κ3) is 1.51. The zero-order chi connectivity index (χ0) is 11.9. The molecule has 2 rings (SSSR count). The van der Waals surface area contributed by atoms with Crippen LogP contribution in [-0.4, -0.2) is 19.5 Å². The van der Waals surface area contributed by atoms with E-state index in [-0.39, 0.29) is 15.4 Å². The van der Waals surface area contributed by atoms with E-state index in [9.17, 15) is 17.6 Å². The molecule has 6 heteroatoms. The summed E-state index contributed by atoms with van der Waals surface area (Å²) in [6, 6.07) is 3.68. The molecule has 0 atom stereocenters. The molecule has 0 radical (unpaired) electrons.